The van der Waals surface area contributed by atoms with Crippen molar-refractivity contribution >= 4 is 17.5 Å². The number of hydrogen-bond acceptors (Lipinski definition) is 4. The molecular weight excluding hydrogens is 362 g/mol. The smallest absolute Gasteiger partial charge is 0.315 e. The van der Waals surface area contributed by atoms with Crippen molar-refractivity contribution in [2.75, 3.05) is 42.5 Å². The zero-order valence-electron chi connectivity index (χ0n) is 17.0. The van der Waals surface area contributed by atoms with Gasteiger partial charge in [0.2, 0.25) is 0 Å². The van der Waals surface area contributed by atoms with Crippen molar-refractivity contribution < 1.29 is 4.79 Å². The molecule has 6 nitrogen and oxygen atoms in total. The summed E-state index contributed by atoms with van der Waals surface area (Å²) in [4.78, 5) is 21.5. The monoisotopic (exact) mass is 393 g/mol. The highest BCUT2D eigenvalue weighted by Crippen LogP contribution is 2.23. The number of carbonyl (C=O) groups is 1. The van der Waals surface area contributed by atoms with Gasteiger partial charge in [0.1, 0.15) is 5.82 Å². The number of benzene rings is 1. The molecule has 4 rings (SSSR count). The van der Waals surface area contributed by atoms with Crippen molar-refractivity contribution in [3.8, 4) is 0 Å². The van der Waals surface area contributed by atoms with Crippen molar-refractivity contribution in [2.24, 2.45) is 5.92 Å². The average molecular weight is 394 g/mol. The van der Waals surface area contributed by atoms with E-state index in [4.69, 9.17) is 0 Å². The number of nitrogens with zero attached hydrogens (tertiary/aromatic N) is 3. The predicted octanol–water partition coefficient (Wildman–Crippen LogP) is 3.40. The molecule has 2 saturated heterocycles. The quantitative estimate of drug-likeness (QED) is 0.790. The van der Waals surface area contributed by atoms with Crippen LogP contribution < -0.4 is 20.4 Å². The van der Waals surface area contributed by atoms with E-state index in [0.29, 0.717) is 19.0 Å². The minimum Gasteiger partial charge on any atom is -0.371 e. The molecule has 1 atom stereocenters. The molecule has 2 aromatic rings. The van der Waals surface area contributed by atoms with Crippen molar-refractivity contribution in [3.05, 3.63) is 54.2 Å². The molecule has 2 aliphatic heterocycles. The summed E-state index contributed by atoms with van der Waals surface area (Å²) in [6.07, 6.45) is 6.79. The molecule has 2 aliphatic rings. The van der Waals surface area contributed by atoms with Gasteiger partial charge in [0.05, 0.1) is 0 Å². The molecule has 3 heterocycles. The van der Waals surface area contributed by atoms with Gasteiger partial charge in [0.25, 0.3) is 0 Å². The maximum absolute atomic E-state index is 12.2. The Morgan fingerprint density at radius 2 is 1.79 bits per heavy atom. The van der Waals surface area contributed by atoms with E-state index in [1.54, 1.807) is 0 Å². The van der Waals surface area contributed by atoms with Gasteiger partial charge in [0, 0.05) is 51.2 Å². The maximum Gasteiger partial charge on any atom is 0.315 e. The number of piperidine rings is 1. The first kappa shape index (κ1) is 19.6. The van der Waals surface area contributed by atoms with Crippen LogP contribution in [-0.2, 0) is 6.54 Å². The topological polar surface area (TPSA) is 60.5 Å². The summed E-state index contributed by atoms with van der Waals surface area (Å²) in [6, 6.07) is 14.5. The van der Waals surface area contributed by atoms with E-state index < -0.39 is 0 Å². The number of amides is 2. The van der Waals surface area contributed by atoms with Crippen LogP contribution in [0.4, 0.5) is 16.3 Å². The van der Waals surface area contributed by atoms with Crippen molar-refractivity contribution in [1.29, 1.82) is 0 Å². The van der Waals surface area contributed by atoms with E-state index in [0.717, 1.165) is 44.0 Å². The van der Waals surface area contributed by atoms with E-state index in [9.17, 15) is 4.79 Å². The summed E-state index contributed by atoms with van der Waals surface area (Å²) < 4.78 is 0. The Labute approximate surface area is 173 Å². The number of nitrogens with one attached hydrogen (secondary N) is 2. The summed E-state index contributed by atoms with van der Waals surface area (Å²) in [7, 11) is 0. The fourth-order valence-corrected chi connectivity index (χ4v) is 4.19. The molecule has 0 aliphatic carbocycles. The largest absolute Gasteiger partial charge is 0.371 e. The molecule has 2 fully saturated rings. The lowest BCUT2D eigenvalue weighted by molar-refractivity contribution is 0.239. The minimum atomic E-state index is -0.108. The normalized spacial score (nSPS) is 19.2. The highest BCUT2D eigenvalue weighted by atomic mass is 16.2. The van der Waals surface area contributed by atoms with Gasteiger partial charge in [-0.25, -0.2) is 9.78 Å². The van der Waals surface area contributed by atoms with Gasteiger partial charge in [-0.2, -0.15) is 0 Å². The number of hydrogen-bond donors (Lipinski definition) is 2. The summed E-state index contributed by atoms with van der Waals surface area (Å²) >= 11 is 0. The third kappa shape index (κ3) is 5.40. The van der Waals surface area contributed by atoms with Crippen LogP contribution >= 0.6 is 0 Å². The molecule has 1 aromatic carbocycles. The summed E-state index contributed by atoms with van der Waals surface area (Å²) in [6.45, 7) is 5.44. The second kappa shape index (κ2) is 9.63. The van der Waals surface area contributed by atoms with Crippen LogP contribution in [0.1, 0.15) is 31.2 Å². The van der Waals surface area contributed by atoms with Gasteiger partial charge in [-0.1, -0.05) is 24.3 Å². The van der Waals surface area contributed by atoms with Crippen molar-refractivity contribution in [3.63, 3.8) is 0 Å². The second-order valence-corrected chi connectivity index (χ2v) is 8.07. The van der Waals surface area contributed by atoms with Crippen molar-refractivity contribution in [1.82, 2.24) is 15.6 Å². The number of anilines is 2. The highest BCUT2D eigenvalue weighted by Gasteiger charge is 2.22. The van der Waals surface area contributed by atoms with Gasteiger partial charge in [-0.15, -0.1) is 0 Å². The molecule has 6 heteroatoms. The molecule has 0 spiro atoms. The molecule has 2 N–H and O–H groups in total. The molecular formula is C23H31N5O. The van der Waals surface area contributed by atoms with Crippen molar-refractivity contribution in [2.45, 2.75) is 32.2 Å². The lowest BCUT2D eigenvalue weighted by Gasteiger charge is -2.27. The van der Waals surface area contributed by atoms with Gasteiger partial charge < -0.3 is 20.4 Å². The van der Waals surface area contributed by atoms with Crippen LogP contribution in [0.3, 0.4) is 0 Å². The Balaban J connectivity index is 1.17. The van der Waals surface area contributed by atoms with Crippen LogP contribution in [0.2, 0.25) is 0 Å². The molecule has 29 heavy (non-hydrogen) atoms. The molecule has 1 aromatic heterocycles. The summed E-state index contributed by atoms with van der Waals surface area (Å²) in [5.41, 5.74) is 2.29. The van der Waals surface area contributed by atoms with E-state index in [1.807, 2.05) is 12.3 Å². The Kier molecular flexibility index (Phi) is 6.49. The zero-order valence-corrected chi connectivity index (χ0v) is 17.0. The maximum atomic E-state index is 12.2. The Bertz CT molecular complexity index is 774. The number of carbonyl (C=O) groups excluding carboxylic acids is 1. The van der Waals surface area contributed by atoms with E-state index >= 15 is 0 Å². The molecule has 0 radical (unpaired) electrons. The van der Waals surface area contributed by atoms with E-state index in [1.165, 1.54) is 24.9 Å². The molecule has 2 amide bonds. The first-order valence-corrected chi connectivity index (χ1v) is 10.8. The molecule has 0 saturated carbocycles. The second-order valence-electron chi connectivity index (χ2n) is 8.07. The van der Waals surface area contributed by atoms with E-state index in [2.05, 4.69) is 61.8 Å². The third-order valence-corrected chi connectivity index (χ3v) is 5.90. The standard InChI is InChI=1S/C23H31N5O/c29-23(26-17-20-11-14-28(18-20)21-7-3-1-4-8-21)25-16-19-9-10-22(24-15-19)27-12-5-2-6-13-27/h1,3-4,7-10,15,20H,2,5-6,11-14,16-18H2,(H2,25,26,29). The van der Waals surface area contributed by atoms with Gasteiger partial charge in [0.15, 0.2) is 0 Å². The average Bonchev–Trinajstić information content (AvgIpc) is 3.27. The summed E-state index contributed by atoms with van der Waals surface area (Å²) in [5.74, 6) is 1.54. The predicted molar refractivity (Wildman–Crippen MR) is 117 cm³/mol. The number of rotatable bonds is 6. The fourth-order valence-electron chi connectivity index (χ4n) is 4.19. The third-order valence-electron chi connectivity index (χ3n) is 5.90. The highest BCUT2D eigenvalue weighted by molar-refractivity contribution is 5.73. The first-order chi connectivity index (χ1) is 14.3. The number of pyridine rings is 1. The lowest BCUT2D eigenvalue weighted by atomic mass is 10.1. The van der Waals surface area contributed by atoms with Gasteiger partial charge in [-0.05, 0) is 55.4 Å². The number of aromatic nitrogens is 1. The van der Waals surface area contributed by atoms with Crippen LogP contribution in [-0.4, -0.2) is 43.7 Å². The molecule has 1 unspecified atom stereocenters. The minimum absolute atomic E-state index is 0.108. The van der Waals surface area contributed by atoms with Crippen LogP contribution in [0.5, 0.6) is 0 Å². The Morgan fingerprint density at radius 1 is 0.966 bits per heavy atom. The lowest BCUT2D eigenvalue weighted by Crippen LogP contribution is -2.38. The van der Waals surface area contributed by atoms with Crippen LogP contribution in [0.25, 0.3) is 0 Å². The number of para-hydroxylation sites is 1. The van der Waals surface area contributed by atoms with E-state index in [-0.39, 0.29) is 6.03 Å². The van der Waals surface area contributed by atoms with Gasteiger partial charge >= 0.3 is 6.03 Å². The first-order valence-electron chi connectivity index (χ1n) is 10.8. The molecule has 154 valence electrons. The zero-order chi connectivity index (χ0) is 19.9. The Hall–Kier alpha value is -2.76. The molecule has 0 bridgehead atoms. The SMILES string of the molecule is O=C(NCc1ccc(N2CCCCC2)nc1)NCC1CCN(c2ccccc2)C1. The summed E-state index contributed by atoms with van der Waals surface area (Å²) in [5, 5.41) is 5.97. The fraction of sp³-hybridized carbons (Fsp3) is 0.478. The number of urea groups is 1. The van der Waals surface area contributed by atoms with Gasteiger partial charge in [-0.3, -0.25) is 0 Å². The Morgan fingerprint density at radius 3 is 2.55 bits per heavy atom. The van der Waals surface area contributed by atoms with Crippen LogP contribution in [0, 0.1) is 5.92 Å². The van der Waals surface area contributed by atoms with Crippen LogP contribution in [0.15, 0.2) is 48.7 Å².